The number of anilines is 4. The van der Waals surface area contributed by atoms with Crippen molar-refractivity contribution in [2.45, 2.75) is 56.7 Å². The summed E-state index contributed by atoms with van der Waals surface area (Å²) < 4.78 is 5.83. The highest BCUT2D eigenvalue weighted by Gasteiger charge is 2.41. The third-order valence-corrected chi connectivity index (χ3v) is 9.89. The van der Waals surface area contributed by atoms with Gasteiger partial charge < -0.3 is 15.4 Å². The number of rotatable bonds is 6. The van der Waals surface area contributed by atoms with E-state index >= 15 is 0 Å². The van der Waals surface area contributed by atoms with Gasteiger partial charge in [0.05, 0.1) is 31.0 Å². The Kier molecular flexibility index (Phi) is 7.73. The summed E-state index contributed by atoms with van der Waals surface area (Å²) in [7, 11) is -0.433. The minimum absolute atomic E-state index is 0.433. The Morgan fingerprint density at radius 1 is 0.974 bits per heavy atom. The SMILES string of the molecule is CP(C)c1cc(C#N)ccc1Nc1nc(Nc2ccc3c(c2)CCC(N2C4CCC2COC4)CC3)ncc1Cl. The fourth-order valence-electron chi connectivity index (χ4n) is 6.37. The molecule has 39 heavy (non-hydrogen) atoms. The fraction of sp³-hybridized carbons (Fsp3) is 0.433. The summed E-state index contributed by atoms with van der Waals surface area (Å²) >= 11 is 6.48. The first kappa shape index (κ1) is 26.5. The summed E-state index contributed by atoms with van der Waals surface area (Å²) in [5.41, 5.74) is 5.40. The maximum absolute atomic E-state index is 9.31. The number of aryl methyl sites for hydroxylation is 2. The van der Waals surface area contributed by atoms with Gasteiger partial charge in [0.2, 0.25) is 5.95 Å². The van der Waals surface area contributed by atoms with Crippen molar-refractivity contribution in [1.29, 1.82) is 5.26 Å². The molecular formula is C30H34ClN6OP. The van der Waals surface area contributed by atoms with Crippen molar-refractivity contribution < 1.29 is 4.74 Å². The number of halogens is 1. The lowest BCUT2D eigenvalue weighted by atomic mass is 10.0. The summed E-state index contributed by atoms with van der Waals surface area (Å²) in [5, 5.41) is 17.6. The van der Waals surface area contributed by atoms with Crippen LogP contribution in [0.2, 0.25) is 5.02 Å². The van der Waals surface area contributed by atoms with Crippen molar-refractivity contribution >= 4 is 48.0 Å². The molecule has 9 heteroatoms. The molecule has 3 aromatic rings. The Labute approximate surface area is 236 Å². The van der Waals surface area contributed by atoms with E-state index in [-0.39, 0.29) is 0 Å². The van der Waals surface area contributed by atoms with Crippen LogP contribution in [0, 0.1) is 11.3 Å². The Morgan fingerprint density at radius 2 is 1.74 bits per heavy atom. The summed E-state index contributed by atoms with van der Waals surface area (Å²) in [6.45, 7) is 6.13. The number of nitrogens with zero attached hydrogens (tertiary/aromatic N) is 4. The first-order valence-electron chi connectivity index (χ1n) is 13.7. The zero-order valence-corrected chi connectivity index (χ0v) is 24.1. The van der Waals surface area contributed by atoms with Crippen LogP contribution in [0.15, 0.2) is 42.6 Å². The average Bonchev–Trinajstić information content (AvgIpc) is 3.09. The van der Waals surface area contributed by atoms with Crippen LogP contribution in [0.4, 0.5) is 23.1 Å². The predicted octanol–water partition coefficient (Wildman–Crippen LogP) is 5.97. The molecule has 2 fully saturated rings. The highest BCUT2D eigenvalue weighted by atomic mass is 35.5. The first-order valence-corrected chi connectivity index (χ1v) is 16.3. The molecule has 2 N–H and O–H groups in total. The van der Waals surface area contributed by atoms with Gasteiger partial charge in [-0.25, -0.2) is 4.98 Å². The highest BCUT2D eigenvalue weighted by Crippen LogP contribution is 2.36. The van der Waals surface area contributed by atoms with E-state index in [4.69, 9.17) is 21.3 Å². The largest absolute Gasteiger partial charge is 0.378 e. The number of benzene rings is 2. The van der Waals surface area contributed by atoms with E-state index in [1.165, 1.54) is 36.8 Å². The van der Waals surface area contributed by atoms with Crippen molar-refractivity contribution in [3.63, 3.8) is 0 Å². The van der Waals surface area contributed by atoms with Crippen LogP contribution >= 0.6 is 19.5 Å². The zero-order chi connectivity index (χ0) is 26.9. The normalized spacial score (nSPS) is 22.7. The van der Waals surface area contributed by atoms with Gasteiger partial charge in [-0.2, -0.15) is 10.2 Å². The molecule has 2 aromatic carbocycles. The van der Waals surface area contributed by atoms with Crippen molar-refractivity contribution in [3.05, 3.63) is 64.3 Å². The highest BCUT2D eigenvalue weighted by molar-refractivity contribution is 7.64. The molecule has 202 valence electrons. The van der Waals surface area contributed by atoms with E-state index in [0.717, 1.165) is 42.7 Å². The molecule has 3 heterocycles. The molecular weight excluding hydrogens is 527 g/mol. The van der Waals surface area contributed by atoms with Crippen LogP contribution in [-0.2, 0) is 17.6 Å². The molecule has 2 saturated heterocycles. The second kappa shape index (κ2) is 11.4. The minimum Gasteiger partial charge on any atom is -0.378 e. The number of nitrogens with one attached hydrogen (secondary N) is 2. The van der Waals surface area contributed by atoms with Crippen molar-refractivity contribution in [3.8, 4) is 6.07 Å². The van der Waals surface area contributed by atoms with Gasteiger partial charge in [-0.05, 0) is 93.3 Å². The number of aromatic nitrogens is 2. The quantitative estimate of drug-likeness (QED) is 0.284. The Balaban J connectivity index is 1.17. The predicted molar refractivity (Wildman–Crippen MR) is 160 cm³/mol. The Hall–Kier alpha value is -2.75. The van der Waals surface area contributed by atoms with E-state index in [9.17, 15) is 5.26 Å². The van der Waals surface area contributed by atoms with Gasteiger partial charge in [-0.3, -0.25) is 4.90 Å². The molecule has 3 aliphatic rings. The molecule has 6 rings (SSSR count). The number of morpholine rings is 1. The summed E-state index contributed by atoms with van der Waals surface area (Å²) in [5.74, 6) is 1.03. The molecule has 0 saturated carbocycles. The third-order valence-electron chi connectivity index (χ3n) is 8.28. The maximum Gasteiger partial charge on any atom is 0.229 e. The molecule has 0 spiro atoms. The van der Waals surface area contributed by atoms with Crippen molar-refractivity contribution in [1.82, 2.24) is 14.9 Å². The average molecular weight is 561 g/mol. The van der Waals surface area contributed by atoms with E-state index in [1.807, 2.05) is 18.2 Å². The smallest absolute Gasteiger partial charge is 0.229 e. The molecule has 1 aromatic heterocycles. The molecule has 3 unspecified atom stereocenters. The zero-order valence-electron chi connectivity index (χ0n) is 22.5. The van der Waals surface area contributed by atoms with Crippen LogP contribution in [0.1, 0.15) is 42.4 Å². The van der Waals surface area contributed by atoms with Crippen LogP contribution < -0.4 is 15.9 Å². The Bertz CT molecular complexity index is 1390. The number of nitriles is 1. The van der Waals surface area contributed by atoms with Crippen LogP contribution in [-0.4, -0.2) is 59.5 Å². The van der Waals surface area contributed by atoms with Gasteiger partial charge in [-0.1, -0.05) is 25.6 Å². The van der Waals surface area contributed by atoms with Crippen LogP contribution in [0.5, 0.6) is 0 Å². The van der Waals surface area contributed by atoms with E-state index in [1.54, 1.807) is 6.20 Å². The van der Waals surface area contributed by atoms with Crippen LogP contribution in [0.25, 0.3) is 0 Å². The van der Waals surface area contributed by atoms with Crippen molar-refractivity contribution in [2.24, 2.45) is 0 Å². The molecule has 1 aliphatic carbocycles. The molecule has 2 aliphatic heterocycles. The van der Waals surface area contributed by atoms with Gasteiger partial charge in [0.1, 0.15) is 5.02 Å². The van der Waals surface area contributed by atoms with Crippen molar-refractivity contribution in [2.75, 3.05) is 37.2 Å². The molecule has 7 nitrogen and oxygen atoms in total. The lowest BCUT2D eigenvalue weighted by Gasteiger charge is -2.40. The third kappa shape index (κ3) is 5.62. The second-order valence-electron chi connectivity index (χ2n) is 11.0. The van der Waals surface area contributed by atoms with E-state index in [2.05, 4.69) is 58.1 Å². The standard InChI is InChI=1S/C30H34ClN6OP/c1-39(2)28-13-19(15-32)3-12-27(28)35-29-26(31)16-33-30(36-29)34-22-7-4-20-5-8-23(9-6-21(20)14-22)37-24-10-11-25(37)18-38-17-24/h3-4,7,12-14,16,23-25H,5-6,8-11,17-18H2,1-2H3,(H2,33,34,35,36). The van der Waals surface area contributed by atoms with Gasteiger partial charge in [0, 0.05) is 34.8 Å². The second-order valence-corrected chi connectivity index (χ2v) is 13.6. The fourth-order valence-corrected chi connectivity index (χ4v) is 7.52. The number of ether oxygens (including phenoxy) is 1. The first-order chi connectivity index (χ1) is 19.0. The molecule has 3 atom stereocenters. The Morgan fingerprint density at radius 3 is 2.49 bits per heavy atom. The lowest BCUT2D eigenvalue weighted by molar-refractivity contribution is -0.0389. The summed E-state index contributed by atoms with van der Waals surface area (Å²) in [6, 6.07) is 16.4. The summed E-state index contributed by atoms with van der Waals surface area (Å²) in [6.07, 6.45) is 8.80. The van der Waals surface area contributed by atoms with Gasteiger partial charge in [0.25, 0.3) is 0 Å². The maximum atomic E-state index is 9.31. The monoisotopic (exact) mass is 560 g/mol. The number of hydrogen-bond donors (Lipinski definition) is 2. The number of hydrogen-bond acceptors (Lipinski definition) is 7. The lowest BCUT2D eigenvalue weighted by Crippen LogP contribution is -2.51. The molecule has 0 amide bonds. The van der Waals surface area contributed by atoms with E-state index < -0.39 is 7.92 Å². The van der Waals surface area contributed by atoms with Gasteiger partial charge >= 0.3 is 0 Å². The number of fused-ring (bicyclic) bond motifs is 3. The molecule has 0 radical (unpaired) electrons. The molecule has 2 bridgehead atoms. The van der Waals surface area contributed by atoms with E-state index in [0.29, 0.717) is 40.5 Å². The van der Waals surface area contributed by atoms with Gasteiger partial charge in [0.15, 0.2) is 5.82 Å². The summed E-state index contributed by atoms with van der Waals surface area (Å²) in [4.78, 5) is 11.9. The van der Waals surface area contributed by atoms with Gasteiger partial charge in [-0.15, -0.1) is 0 Å². The minimum atomic E-state index is -0.433. The van der Waals surface area contributed by atoms with Crippen LogP contribution in [0.3, 0.4) is 0 Å². The topological polar surface area (TPSA) is 86.1 Å².